The van der Waals surface area contributed by atoms with E-state index < -0.39 is 16.1 Å². The largest absolute Gasteiger partial charge is 0.453 e. The minimum atomic E-state index is -3.34. The van der Waals surface area contributed by atoms with Crippen LogP contribution in [0.3, 0.4) is 0 Å². The third-order valence-corrected chi connectivity index (χ3v) is 6.22. The highest BCUT2D eigenvalue weighted by atomic mass is 32.2. The number of carbonyl (C=O) groups is 1. The van der Waals surface area contributed by atoms with Crippen molar-refractivity contribution in [2.45, 2.75) is 64.1 Å². The van der Waals surface area contributed by atoms with Crippen LogP contribution in [0.25, 0.3) is 0 Å². The van der Waals surface area contributed by atoms with E-state index in [0.29, 0.717) is 25.5 Å². The number of nitrogens with zero attached hydrogens (tertiary/aromatic N) is 1. The molecule has 1 heterocycles. The van der Waals surface area contributed by atoms with Crippen molar-refractivity contribution in [1.29, 1.82) is 0 Å². The third-order valence-electron chi connectivity index (χ3n) is 5.48. The summed E-state index contributed by atoms with van der Waals surface area (Å²) in [5.41, 5.74) is 0. The smallest absolute Gasteiger partial charge is 0.409 e. The number of hydrogen-bond donors (Lipinski definition) is 1. The summed E-state index contributed by atoms with van der Waals surface area (Å²) in [7, 11) is -2.00. The molecule has 1 amide bonds. The van der Waals surface area contributed by atoms with E-state index in [0.717, 1.165) is 25.0 Å². The maximum Gasteiger partial charge on any atom is 0.409 e. The predicted octanol–water partition coefficient (Wildman–Crippen LogP) is 1.98. The zero-order chi connectivity index (χ0) is 18.6. The summed E-state index contributed by atoms with van der Waals surface area (Å²) in [6.45, 7) is 5.33. The van der Waals surface area contributed by atoms with Crippen molar-refractivity contribution >= 4 is 16.1 Å². The van der Waals surface area contributed by atoms with Crippen molar-refractivity contribution in [2.75, 3.05) is 26.5 Å². The van der Waals surface area contributed by atoms with Crippen molar-refractivity contribution < 1.29 is 22.7 Å². The molecule has 146 valence electrons. The molecule has 0 spiro atoms. The lowest BCUT2D eigenvalue weighted by Crippen LogP contribution is -2.49. The third kappa shape index (κ3) is 5.82. The molecule has 2 atom stereocenters. The van der Waals surface area contributed by atoms with Gasteiger partial charge in [-0.2, -0.15) is 0 Å². The lowest BCUT2D eigenvalue weighted by Gasteiger charge is -2.33. The van der Waals surface area contributed by atoms with Crippen LogP contribution in [-0.4, -0.2) is 64.1 Å². The monoisotopic (exact) mass is 376 g/mol. The van der Waals surface area contributed by atoms with Crippen LogP contribution in [0.2, 0.25) is 0 Å². The van der Waals surface area contributed by atoms with Crippen LogP contribution in [0.4, 0.5) is 4.79 Å². The van der Waals surface area contributed by atoms with Crippen LogP contribution in [-0.2, 0) is 19.5 Å². The number of sulfonamides is 1. The van der Waals surface area contributed by atoms with Crippen molar-refractivity contribution in [1.82, 2.24) is 9.62 Å². The Morgan fingerprint density at radius 3 is 2.36 bits per heavy atom. The van der Waals surface area contributed by atoms with Gasteiger partial charge in [-0.05, 0) is 43.9 Å². The fourth-order valence-corrected chi connectivity index (χ4v) is 4.80. The van der Waals surface area contributed by atoms with Gasteiger partial charge in [-0.25, -0.2) is 17.9 Å². The Kier molecular flexibility index (Phi) is 7.10. The lowest BCUT2D eigenvalue weighted by atomic mass is 9.80. The standard InChI is InChI=1S/C17H32N2O5S/c1-12(2)13-5-7-14(8-6-13)24-11-16-15(18-25(4,21)22)9-10-19(16)17(20)23-3/h12-16,18H,5-11H2,1-4H3/t13?,14?,15-,16+/m1/s1. The van der Waals surface area contributed by atoms with Gasteiger partial charge in [0.1, 0.15) is 0 Å². The fourth-order valence-electron chi connectivity index (χ4n) is 3.97. The molecule has 1 N–H and O–H groups in total. The van der Waals surface area contributed by atoms with E-state index in [4.69, 9.17) is 9.47 Å². The molecule has 2 rings (SSSR count). The zero-order valence-electron chi connectivity index (χ0n) is 15.7. The van der Waals surface area contributed by atoms with Crippen LogP contribution >= 0.6 is 0 Å². The van der Waals surface area contributed by atoms with Crippen LogP contribution in [0.1, 0.15) is 46.0 Å². The first-order valence-electron chi connectivity index (χ1n) is 9.14. The van der Waals surface area contributed by atoms with E-state index in [-0.39, 0.29) is 18.2 Å². The quantitative estimate of drug-likeness (QED) is 0.766. The van der Waals surface area contributed by atoms with E-state index in [9.17, 15) is 13.2 Å². The van der Waals surface area contributed by atoms with Gasteiger partial charge in [-0.1, -0.05) is 13.8 Å². The molecule has 1 aliphatic carbocycles. The Morgan fingerprint density at radius 1 is 1.20 bits per heavy atom. The van der Waals surface area contributed by atoms with E-state index >= 15 is 0 Å². The van der Waals surface area contributed by atoms with E-state index in [2.05, 4.69) is 18.6 Å². The lowest BCUT2D eigenvalue weighted by molar-refractivity contribution is -0.0132. The molecule has 8 heteroatoms. The second-order valence-electron chi connectivity index (χ2n) is 7.63. The van der Waals surface area contributed by atoms with E-state index in [1.165, 1.54) is 20.0 Å². The number of hydrogen-bond acceptors (Lipinski definition) is 5. The van der Waals surface area contributed by atoms with E-state index in [1.54, 1.807) is 4.90 Å². The van der Waals surface area contributed by atoms with Gasteiger partial charge >= 0.3 is 6.09 Å². The van der Waals surface area contributed by atoms with Crippen molar-refractivity contribution in [3.8, 4) is 0 Å². The molecule has 0 bridgehead atoms. The Morgan fingerprint density at radius 2 is 1.84 bits per heavy atom. The topological polar surface area (TPSA) is 84.9 Å². The van der Waals surface area contributed by atoms with Gasteiger partial charge in [0.05, 0.1) is 32.1 Å². The summed E-state index contributed by atoms with van der Waals surface area (Å²) in [6.07, 6.45) is 5.84. The molecular weight excluding hydrogens is 344 g/mol. The molecule has 2 aliphatic rings. The van der Waals surface area contributed by atoms with Gasteiger partial charge in [0, 0.05) is 12.6 Å². The van der Waals surface area contributed by atoms with E-state index in [1.807, 2.05) is 0 Å². The van der Waals surface area contributed by atoms with Crippen LogP contribution in [0, 0.1) is 11.8 Å². The predicted molar refractivity (Wildman–Crippen MR) is 95.8 cm³/mol. The minimum absolute atomic E-state index is 0.189. The molecule has 0 aromatic heterocycles. The Labute approximate surface area is 151 Å². The first kappa shape index (κ1) is 20.5. The summed E-state index contributed by atoms with van der Waals surface area (Å²) < 4.78 is 36.7. The van der Waals surface area contributed by atoms with Crippen molar-refractivity contribution in [3.63, 3.8) is 0 Å². The number of methoxy groups -OCH3 is 1. The zero-order valence-corrected chi connectivity index (χ0v) is 16.5. The molecule has 1 aliphatic heterocycles. The highest BCUT2D eigenvalue weighted by Gasteiger charge is 2.39. The average Bonchev–Trinajstić information content (AvgIpc) is 2.93. The summed E-state index contributed by atoms with van der Waals surface area (Å²) in [6, 6.07) is -0.661. The molecule has 2 fully saturated rings. The molecule has 1 saturated carbocycles. The van der Waals surface area contributed by atoms with Crippen LogP contribution < -0.4 is 4.72 Å². The summed E-state index contributed by atoms with van der Waals surface area (Å²) in [5, 5.41) is 0. The van der Waals surface area contributed by atoms with Crippen LogP contribution in [0.15, 0.2) is 0 Å². The molecule has 7 nitrogen and oxygen atoms in total. The average molecular weight is 377 g/mol. The molecular formula is C17H32N2O5S. The second-order valence-corrected chi connectivity index (χ2v) is 9.41. The number of ether oxygens (including phenoxy) is 2. The fraction of sp³-hybridized carbons (Fsp3) is 0.941. The summed E-state index contributed by atoms with van der Waals surface area (Å²) in [5.74, 6) is 1.46. The molecule has 0 aromatic rings. The van der Waals surface area contributed by atoms with Crippen LogP contribution in [0.5, 0.6) is 0 Å². The maximum absolute atomic E-state index is 12.0. The maximum atomic E-state index is 12.0. The second kappa shape index (κ2) is 8.68. The first-order valence-corrected chi connectivity index (χ1v) is 11.0. The summed E-state index contributed by atoms with van der Waals surface area (Å²) in [4.78, 5) is 13.5. The molecule has 0 unspecified atom stereocenters. The Bertz CT molecular complexity index is 543. The molecule has 1 saturated heterocycles. The van der Waals surface area contributed by atoms with Crippen molar-refractivity contribution in [2.24, 2.45) is 11.8 Å². The first-order chi connectivity index (χ1) is 11.7. The van der Waals surface area contributed by atoms with Gasteiger partial charge in [0.25, 0.3) is 0 Å². The van der Waals surface area contributed by atoms with Crippen molar-refractivity contribution in [3.05, 3.63) is 0 Å². The highest BCUT2D eigenvalue weighted by molar-refractivity contribution is 7.88. The minimum Gasteiger partial charge on any atom is -0.453 e. The number of nitrogens with one attached hydrogen (secondary N) is 1. The number of amides is 1. The number of likely N-dealkylation sites (tertiary alicyclic amines) is 1. The number of carbonyl (C=O) groups excluding carboxylic acids is 1. The van der Waals surface area contributed by atoms with Gasteiger partial charge in [-0.3, -0.25) is 0 Å². The van der Waals surface area contributed by atoms with Gasteiger partial charge in [0.2, 0.25) is 10.0 Å². The highest BCUT2D eigenvalue weighted by Crippen LogP contribution is 2.32. The SMILES string of the molecule is COC(=O)N1CC[C@@H](NS(C)(=O)=O)[C@@H]1COC1CCC(C(C)C)CC1. The Hall–Kier alpha value is -0.860. The van der Waals surface area contributed by atoms with Gasteiger partial charge in [-0.15, -0.1) is 0 Å². The molecule has 0 aromatic carbocycles. The van der Waals surface area contributed by atoms with Gasteiger partial charge in [0.15, 0.2) is 0 Å². The van der Waals surface area contributed by atoms with Gasteiger partial charge < -0.3 is 14.4 Å². The summed E-state index contributed by atoms with van der Waals surface area (Å²) >= 11 is 0. The molecule has 0 radical (unpaired) electrons. The Balaban J connectivity index is 1.93. The molecule has 25 heavy (non-hydrogen) atoms. The normalized spacial score (nSPS) is 30.7. The number of rotatable bonds is 6.